The second-order valence-corrected chi connectivity index (χ2v) is 3.19. The first-order valence-electron chi connectivity index (χ1n) is 3.46. The van der Waals surface area contributed by atoms with Crippen LogP contribution in [0.5, 0.6) is 0 Å². The minimum Gasteiger partial charge on any atom is -0.481 e. The Bertz CT molecular complexity index is 301. The van der Waals surface area contributed by atoms with Crippen molar-refractivity contribution < 1.29 is 9.90 Å². The molecule has 1 rings (SSSR count). The smallest absolute Gasteiger partial charge is 0.310 e. The Hall–Kier alpha value is -0.900. The van der Waals surface area contributed by atoms with Gasteiger partial charge in [-0.1, -0.05) is 6.07 Å². The first-order chi connectivity index (χ1) is 5.63. The van der Waals surface area contributed by atoms with Gasteiger partial charge in [0.05, 0.1) is 5.92 Å². The quantitative estimate of drug-likeness (QED) is 0.790. The highest BCUT2D eigenvalue weighted by Crippen LogP contribution is 2.22. The normalized spacial score (nSPS) is 12.5. The summed E-state index contributed by atoms with van der Waals surface area (Å²) < 4.78 is 0.597. The lowest BCUT2D eigenvalue weighted by atomic mass is 10.0. The van der Waals surface area contributed by atoms with Crippen LogP contribution in [0, 0.1) is 0 Å². The van der Waals surface area contributed by atoms with Gasteiger partial charge in [-0.2, -0.15) is 0 Å². The van der Waals surface area contributed by atoms with Crippen molar-refractivity contribution in [2.24, 2.45) is 0 Å². The molecule has 64 valence electrons. The molecule has 0 saturated carbocycles. The van der Waals surface area contributed by atoms with Crippen molar-refractivity contribution in [2.75, 3.05) is 0 Å². The minimum absolute atomic E-state index is 0.520. The van der Waals surface area contributed by atoms with E-state index in [1.165, 1.54) is 0 Å². The first-order valence-corrected chi connectivity index (χ1v) is 4.25. The number of nitrogens with zero attached hydrogens (tertiary/aromatic N) is 1. The molecule has 0 radical (unpaired) electrons. The summed E-state index contributed by atoms with van der Waals surface area (Å²) in [5.41, 5.74) is 0.699. The lowest BCUT2D eigenvalue weighted by Gasteiger charge is -2.06. The van der Waals surface area contributed by atoms with Crippen LogP contribution in [-0.2, 0) is 4.79 Å². The fraction of sp³-hybridized carbons (Fsp3) is 0.250. The zero-order valence-electron chi connectivity index (χ0n) is 6.49. The van der Waals surface area contributed by atoms with E-state index < -0.39 is 11.9 Å². The molecule has 1 heterocycles. The molecule has 0 aliphatic rings. The van der Waals surface area contributed by atoms with Crippen molar-refractivity contribution in [3.8, 4) is 0 Å². The van der Waals surface area contributed by atoms with Gasteiger partial charge in [0.25, 0.3) is 0 Å². The topological polar surface area (TPSA) is 50.2 Å². The largest absolute Gasteiger partial charge is 0.481 e. The van der Waals surface area contributed by atoms with Gasteiger partial charge in [0.2, 0.25) is 0 Å². The number of carbonyl (C=O) groups is 1. The summed E-state index contributed by atoms with van der Waals surface area (Å²) in [6.45, 7) is 1.63. The van der Waals surface area contributed by atoms with Crippen LogP contribution in [0.2, 0.25) is 0 Å². The fourth-order valence-corrected chi connectivity index (χ4v) is 1.45. The molecule has 3 nitrogen and oxygen atoms in total. The van der Waals surface area contributed by atoms with Crippen LogP contribution in [0.1, 0.15) is 18.4 Å². The van der Waals surface area contributed by atoms with Gasteiger partial charge in [-0.25, -0.2) is 4.98 Å². The average molecular weight is 230 g/mol. The molecule has 12 heavy (non-hydrogen) atoms. The Labute approximate surface area is 78.6 Å². The molecular formula is C8H8BrNO2. The summed E-state index contributed by atoms with van der Waals surface area (Å²) >= 11 is 3.19. The Morgan fingerprint density at radius 3 is 2.92 bits per heavy atom. The predicted octanol–water partition coefficient (Wildman–Crippen LogP) is 2.03. The molecule has 1 N–H and O–H groups in total. The van der Waals surface area contributed by atoms with Crippen LogP contribution in [0.4, 0.5) is 0 Å². The van der Waals surface area contributed by atoms with E-state index >= 15 is 0 Å². The van der Waals surface area contributed by atoms with E-state index in [9.17, 15) is 4.79 Å². The predicted molar refractivity (Wildman–Crippen MR) is 48.0 cm³/mol. The van der Waals surface area contributed by atoms with Crippen LogP contribution in [0.25, 0.3) is 0 Å². The first kappa shape index (κ1) is 9.19. The molecule has 0 aliphatic heterocycles. The molecule has 0 amide bonds. The van der Waals surface area contributed by atoms with Gasteiger partial charge >= 0.3 is 5.97 Å². The molecule has 1 unspecified atom stereocenters. The third-order valence-electron chi connectivity index (χ3n) is 1.62. The molecule has 0 spiro atoms. The van der Waals surface area contributed by atoms with E-state index in [0.717, 1.165) is 0 Å². The van der Waals surface area contributed by atoms with E-state index in [2.05, 4.69) is 20.9 Å². The van der Waals surface area contributed by atoms with Crippen molar-refractivity contribution in [3.05, 3.63) is 28.5 Å². The van der Waals surface area contributed by atoms with E-state index in [4.69, 9.17) is 5.11 Å². The highest BCUT2D eigenvalue weighted by atomic mass is 79.9. The van der Waals surface area contributed by atoms with Crippen LogP contribution in [0.3, 0.4) is 0 Å². The summed E-state index contributed by atoms with van der Waals surface area (Å²) in [6, 6.07) is 3.47. The number of carboxylic acids is 1. The SMILES string of the molecule is CC(C(=O)O)c1cccnc1Br. The molecule has 0 bridgehead atoms. The summed E-state index contributed by atoms with van der Waals surface area (Å²) in [6.07, 6.45) is 1.61. The standard InChI is InChI=1S/C8H8BrNO2/c1-5(8(11)12)6-3-2-4-10-7(6)9/h2-5H,1H3,(H,11,12). The number of halogens is 1. The van der Waals surface area contributed by atoms with Gasteiger partial charge in [0, 0.05) is 6.20 Å². The van der Waals surface area contributed by atoms with Gasteiger partial charge in [-0.05, 0) is 34.5 Å². The summed E-state index contributed by atoms with van der Waals surface area (Å²) in [4.78, 5) is 14.5. The van der Waals surface area contributed by atoms with Crippen LogP contribution in [-0.4, -0.2) is 16.1 Å². The van der Waals surface area contributed by atoms with Crippen molar-refractivity contribution in [3.63, 3.8) is 0 Å². The number of hydrogen-bond donors (Lipinski definition) is 1. The molecule has 0 saturated heterocycles. The second kappa shape index (κ2) is 3.67. The van der Waals surface area contributed by atoms with Gasteiger partial charge < -0.3 is 5.11 Å². The van der Waals surface area contributed by atoms with E-state index in [-0.39, 0.29) is 0 Å². The Morgan fingerprint density at radius 2 is 2.42 bits per heavy atom. The summed E-state index contributed by atoms with van der Waals surface area (Å²) in [7, 11) is 0. The number of carboxylic acid groups (broad SMARTS) is 1. The zero-order valence-corrected chi connectivity index (χ0v) is 8.08. The Balaban J connectivity index is 3.02. The van der Waals surface area contributed by atoms with E-state index in [1.807, 2.05) is 0 Å². The third kappa shape index (κ3) is 1.82. The van der Waals surface area contributed by atoms with Gasteiger partial charge in [-0.15, -0.1) is 0 Å². The lowest BCUT2D eigenvalue weighted by Crippen LogP contribution is -2.08. The van der Waals surface area contributed by atoms with Gasteiger partial charge in [0.1, 0.15) is 4.60 Å². The summed E-state index contributed by atoms with van der Waals surface area (Å²) in [5, 5.41) is 8.71. The van der Waals surface area contributed by atoms with Gasteiger partial charge in [0.15, 0.2) is 0 Å². The molecule has 4 heteroatoms. The van der Waals surface area contributed by atoms with Crippen molar-refractivity contribution in [2.45, 2.75) is 12.8 Å². The number of hydrogen-bond acceptors (Lipinski definition) is 2. The lowest BCUT2D eigenvalue weighted by molar-refractivity contribution is -0.138. The van der Waals surface area contributed by atoms with Crippen molar-refractivity contribution in [1.29, 1.82) is 0 Å². The maximum absolute atomic E-state index is 10.6. The van der Waals surface area contributed by atoms with Crippen LogP contribution < -0.4 is 0 Å². The Kier molecular flexibility index (Phi) is 2.81. The minimum atomic E-state index is -0.844. The maximum Gasteiger partial charge on any atom is 0.310 e. The molecule has 0 aromatic carbocycles. The number of aliphatic carboxylic acids is 1. The second-order valence-electron chi connectivity index (χ2n) is 2.44. The van der Waals surface area contributed by atoms with E-state index in [1.54, 1.807) is 25.3 Å². The molecule has 0 fully saturated rings. The van der Waals surface area contributed by atoms with Crippen molar-refractivity contribution in [1.82, 2.24) is 4.98 Å². The number of rotatable bonds is 2. The highest BCUT2D eigenvalue weighted by Gasteiger charge is 2.16. The zero-order chi connectivity index (χ0) is 9.14. The number of aromatic nitrogens is 1. The molecule has 1 aromatic rings. The monoisotopic (exact) mass is 229 g/mol. The summed E-state index contributed by atoms with van der Waals surface area (Å²) in [5.74, 6) is -1.36. The van der Waals surface area contributed by atoms with E-state index in [0.29, 0.717) is 10.2 Å². The third-order valence-corrected chi connectivity index (χ3v) is 2.29. The van der Waals surface area contributed by atoms with Crippen LogP contribution in [0.15, 0.2) is 22.9 Å². The molecule has 1 aromatic heterocycles. The fourth-order valence-electron chi connectivity index (χ4n) is 0.854. The maximum atomic E-state index is 10.6. The molecule has 1 atom stereocenters. The molecular weight excluding hydrogens is 222 g/mol. The Morgan fingerprint density at radius 1 is 1.75 bits per heavy atom. The van der Waals surface area contributed by atoms with Crippen molar-refractivity contribution >= 4 is 21.9 Å². The highest BCUT2D eigenvalue weighted by molar-refractivity contribution is 9.10. The average Bonchev–Trinajstić information content (AvgIpc) is 2.04. The number of pyridine rings is 1. The van der Waals surface area contributed by atoms with Crippen LogP contribution >= 0.6 is 15.9 Å². The van der Waals surface area contributed by atoms with Gasteiger partial charge in [-0.3, -0.25) is 4.79 Å². The molecule has 0 aliphatic carbocycles.